The van der Waals surface area contributed by atoms with Crippen LogP contribution in [0.4, 0.5) is 5.13 Å². The van der Waals surface area contributed by atoms with Crippen molar-refractivity contribution in [2.75, 3.05) is 5.32 Å². The highest BCUT2D eigenvalue weighted by atomic mass is 32.1. The fraction of sp³-hybridized carbons (Fsp3) is 0.643. The Morgan fingerprint density at radius 1 is 1.35 bits per heavy atom. The molecule has 2 N–H and O–H groups in total. The number of rotatable bonds is 3. The third kappa shape index (κ3) is 4.03. The molecule has 0 aromatic carbocycles. The SMILES string of the molecule is CC(=NO)c1csc(NC(=O)C2CCCCCCC2)n1. The maximum Gasteiger partial charge on any atom is 0.229 e. The first kappa shape index (κ1) is 15.0. The molecule has 1 aromatic heterocycles. The molecule has 1 aliphatic carbocycles. The van der Waals surface area contributed by atoms with Crippen molar-refractivity contribution >= 4 is 28.1 Å². The second-order valence-corrected chi connectivity index (χ2v) is 6.11. The molecule has 0 atom stereocenters. The van der Waals surface area contributed by atoms with E-state index >= 15 is 0 Å². The quantitative estimate of drug-likeness (QED) is 0.508. The van der Waals surface area contributed by atoms with Gasteiger partial charge in [-0.1, -0.05) is 37.3 Å². The number of thiazole rings is 1. The van der Waals surface area contributed by atoms with Gasteiger partial charge in [0.15, 0.2) is 5.13 Å². The van der Waals surface area contributed by atoms with E-state index in [-0.39, 0.29) is 11.8 Å². The van der Waals surface area contributed by atoms with Crippen molar-refractivity contribution in [3.05, 3.63) is 11.1 Å². The van der Waals surface area contributed by atoms with Gasteiger partial charge in [0, 0.05) is 11.3 Å². The third-order valence-electron chi connectivity index (χ3n) is 3.73. The maximum absolute atomic E-state index is 12.3. The van der Waals surface area contributed by atoms with E-state index in [0.717, 1.165) is 25.7 Å². The van der Waals surface area contributed by atoms with Crippen LogP contribution in [-0.4, -0.2) is 21.8 Å². The molecule has 1 heterocycles. The average molecular weight is 295 g/mol. The molecule has 0 bridgehead atoms. The molecule has 6 heteroatoms. The van der Waals surface area contributed by atoms with E-state index in [1.807, 2.05) is 0 Å². The van der Waals surface area contributed by atoms with Crippen LogP contribution in [0.2, 0.25) is 0 Å². The summed E-state index contributed by atoms with van der Waals surface area (Å²) in [6, 6.07) is 0. The third-order valence-corrected chi connectivity index (χ3v) is 4.49. The van der Waals surface area contributed by atoms with Gasteiger partial charge in [-0.05, 0) is 19.8 Å². The number of anilines is 1. The Bertz CT molecular complexity index is 477. The van der Waals surface area contributed by atoms with Gasteiger partial charge in [0.05, 0.1) is 0 Å². The summed E-state index contributed by atoms with van der Waals surface area (Å²) in [6.07, 6.45) is 7.98. The minimum atomic E-state index is 0.0754. The van der Waals surface area contributed by atoms with Crippen LogP contribution >= 0.6 is 11.3 Å². The van der Waals surface area contributed by atoms with Gasteiger partial charge >= 0.3 is 0 Å². The summed E-state index contributed by atoms with van der Waals surface area (Å²) < 4.78 is 0. The molecule has 0 unspecified atom stereocenters. The number of hydrogen-bond donors (Lipinski definition) is 2. The summed E-state index contributed by atoms with van der Waals surface area (Å²) in [4.78, 5) is 16.5. The first-order valence-corrected chi connectivity index (χ1v) is 8.04. The number of nitrogens with zero attached hydrogens (tertiary/aromatic N) is 2. The molecule has 110 valence electrons. The lowest BCUT2D eigenvalue weighted by atomic mass is 9.90. The molecule has 2 rings (SSSR count). The number of aromatic nitrogens is 1. The summed E-state index contributed by atoms with van der Waals surface area (Å²) in [5.74, 6) is 0.182. The standard InChI is InChI=1S/C14H21N3O2S/c1-10(17-19)12-9-20-14(15-12)16-13(18)11-7-5-3-2-4-6-8-11/h9,11,19H,2-8H2,1H3,(H,15,16,18). The van der Waals surface area contributed by atoms with Crippen LogP contribution in [0.15, 0.2) is 10.5 Å². The largest absolute Gasteiger partial charge is 0.411 e. The van der Waals surface area contributed by atoms with Crippen molar-refractivity contribution in [3.8, 4) is 0 Å². The van der Waals surface area contributed by atoms with Crippen molar-refractivity contribution in [1.82, 2.24) is 4.98 Å². The van der Waals surface area contributed by atoms with Crippen molar-refractivity contribution in [2.24, 2.45) is 11.1 Å². The fourth-order valence-corrected chi connectivity index (χ4v) is 3.23. The molecule has 0 saturated heterocycles. The maximum atomic E-state index is 12.3. The predicted octanol–water partition coefficient (Wildman–Crippen LogP) is 3.64. The van der Waals surface area contributed by atoms with Crippen LogP contribution < -0.4 is 5.32 Å². The molecule has 1 aliphatic rings. The molecule has 1 fully saturated rings. The number of carbonyl (C=O) groups excluding carboxylic acids is 1. The molecule has 0 radical (unpaired) electrons. The van der Waals surface area contributed by atoms with E-state index in [9.17, 15) is 4.79 Å². The Labute approximate surface area is 123 Å². The van der Waals surface area contributed by atoms with E-state index in [1.165, 1.54) is 30.6 Å². The van der Waals surface area contributed by atoms with Gasteiger partial charge in [-0.3, -0.25) is 4.79 Å². The van der Waals surface area contributed by atoms with Crippen LogP contribution in [0.25, 0.3) is 0 Å². The van der Waals surface area contributed by atoms with E-state index < -0.39 is 0 Å². The lowest BCUT2D eigenvalue weighted by Gasteiger charge is -2.18. The molecule has 20 heavy (non-hydrogen) atoms. The van der Waals surface area contributed by atoms with E-state index in [1.54, 1.807) is 12.3 Å². The zero-order chi connectivity index (χ0) is 14.4. The van der Waals surface area contributed by atoms with E-state index in [4.69, 9.17) is 5.21 Å². The predicted molar refractivity (Wildman–Crippen MR) is 80.6 cm³/mol. The first-order chi connectivity index (χ1) is 9.70. The number of hydrogen-bond acceptors (Lipinski definition) is 5. The molecule has 0 spiro atoms. The molecule has 1 aromatic rings. The average Bonchev–Trinajstić information content (AvgIpc) is 2.85. The Balaban J connectivity index is 1.94. The minimum absolute atomic E-state index is 0.0754. The number of amides is 1. The number of carbonyl (C=O) groups is 1. The first-order valence-electron chi connectivity index (χ1n) is 7.16. The summed E-state index contributed by atoms with van der Waals surface area (Å²) in [5.41, 5.74) is 1.05. The van der Waals surface area contributed by atoms with Gasteiger partial charge in [-0.25, -0.2) is 4.98 Å². The highest BCUT2D eigenvalue weighted by Crippen LogP contribution is 2.24. The van der Waals surface area contributed by atoms with Gasteiger partial charge in [0.2, 0.25) is 5.91 Å². The van der Waals surface area contributed by atoms with Crippen molar-refractivity contribution in [2.45, 2.75) is 51.9 Å². The monoisotopic (exact) mass is 295 g/mol. The van der Waals surface area contributed by atoms with Crippen LogP contribution in [0.5, 0.6) is 0 Å². The lowest BCUT2D eigenvalue weighted by molar-refractivity contribution is -0.120. The van der Waals surface area contributed by atoms with E-state index in [2.05, 4.69) is 15.5 Å². The smallest absolute Gasteiger partial charge is 0.229 e. The fourth-order valence-electron chi connectivity index (χ4n) is 2.47. The zero-order valence-corrected chi connectivity index (χ0v) is 12.6. The van der Waals surface area contributed by atoms with Crippen molar-refractivity contribution in [1.29, 1.82) is 0 Å². The van der Waals surface area contributed by atoms with Crippen LogP contribution in [0, 0.1) is 5.92 Å². The van der Waals surface area contributed by atoms with Crippen LogP contribution in [-0.2, 0) is 4.79 Å². The summed E-state index contributed by atoms with van der Waals surface area (Å²) in [5, 5.41) is 17.1. The normalized spacial score (nSPS) is 18.4. The van der Waals surface area contributed by atoms with Crippen molar-refractivity contribution < 1.29 is 10.0 Å². The highest BCUT2D eigenvalue weighted by Gasteiger charge is 2.20. The number of oxime groups is 1. The van der Waals surface area contributed by atoms with Gasteiger partial charge in [0.25, 0.3) is 0 Å². The van der Waals surface area contributed by atoms with E-state index in [0.29, 0.717) is 16.5 Å². The second-order valence-electron chi connectivity index (χ2n) is 5.25. The van der Waals surface area contributed by atoms with Gasteiger partial charge in [-0.2, -0.15) is 0 Å². The van der Waals surface area contributed by atoms with Gasteiger partial charge in [-0.15, -0.1) is 11.3 Å². The zero-order valence-electron chi connectivity index (χ0n) is 11.8. The van der Waals surface area contributed by atoms with Crippen LogP contribution in [0.1, 0.15) is 57.6 Å². The molecule has 0 aliphatic heterocycles. The Hall–Kier alpha value is -1.43. The molecular weight excluding hydrogens is 274 g/mol. The lowest BCUT2D eigenvalue weighted by Crippen LogP contribution is -2.23. The molecule has 1 saturated carbocycles. The summed E-state index contributed by atoms with van der Waals surface area (Å²) >= 11 is 1.36. The Morgan fingerprint density at radius 2 is 2.00 bits per heavy atom. The topological polar surface area (TPSA) is 74.6 Å². The number of nitrogens with one attached hydrogen (secondary N) is 1. The molecule has 5 nitrogen and oxygen atoms in total. The molecule has 1 amide bonds. The Morgan fingerprint density at radius 3 is 2.65 bits per heavy atom. The van der Waals surface area contributed by atoms with Gasteiger partial charge in [0.1, 0.15) is 11.4 Å². The Kier molecular flexibility index (Phi) is 5.52. The molecular formula is C14H21N3O2S. The summed E-state index contributed by atoms with van der Waals surface area (Å²) in [7, 11) is 0. The second kappa shape index (κ2) is 7.38. The summed E-state index contributed by atoms with van der Waals surface area (Å²) in [6.45, 7) is 1.68. The van der Waals surface area contributed by atoms with Crippen molar-refractivity contribution in [3.63, 3.8) is 0 Å². The van der Waals surface area contributed by atoms with Crippen LogP contribution in [0.3, 0.4) is 0 Å². The highest BCUT2D eigenvalue weighted by molar-refractivity contribution is 7.14. The minimum Gasteiger partial charge on any atom is -0.411 e. The van der Waals surface area contributed by atoms with Gasteiger partial charge < -0.3 is 10.5 Å².